The molecule has 1 unspecified atom stereocenters. The van der Waals surface area contributed by atoms with E-state index >= 15 is 0 Å². The van der Waals surface area contributed by atoms with Crippen LogP contribution in [0.4, 0.5) is 5.69 Å². The minimum atomic E-state index is -0.658. The van der Waals surface area contributed by atoms with Gasteiger partial charge in [-0.05, 0) is 13.8 Å². The van der Waals surface area contributed by atoms with Crippen LogP contribution >= 0.6 is 0 Å². The molecule has 7 nitrogen and oxygen atoms in total. The molecule has 1 fully saturated rings. The fourth-order valence-electron chi connectivity index (χ4n) is 1.94. The van der Waals surface area contributed by atoms with Crippen LogP contribution in [0.15, 0.2) is 6.20 Å². The van der Waals surface area contributed by atoms with Crippen molar-refractivity contribution in [3.63, 3.8) is 0 Å². The lowest BCUT2D eigenvalue weighted by molar-refractivity contribution is -0.142. The van der Waals surface area contributed by atoms with Crippen molar-refractivity contribution in [3.05, 3.63) is 17.5 Å². The van der Waals surface area contributed by atoms with Gasteiger partial charge in [0.15, 0.2) is 6.10 Å². The van der Waals surface area contributed by atoms with Gasteiger partial charge in [-0.2, -0.15) is 0 Å². The van der Waals surface area contributed by atoms with E-state index in [4.69, 9.17) is 14.2 Å². The maximum atomic E-state index is 12.0. The number of H-pyrrole nitrogens is 1. The molecular weight excluding hydrogens is 264 g/mol. The molecule has 0 radical (unpaired) electrons. The van der Waals surface area contributed by atoms with E-state index in [2.05, 4.69) is 10.3 Å². The van der Waals surface area contributed by atoms with Gasteiger partial charge in [0.2, 0.25) is 0 Å². The Morgan fingerprint density at radius 3 is 2.95 bits per heavy atom. The number of aromatic amines is 1. The van der Waals surface area contributed by atoms with Gasteiger partial charge in [-0.3, -0.25) is 4.79 Å². The molecule has 0 spiro atoms. The van der Waals surface area contributed by atoms with Crippen LogP contribution in [0.3, 0.4) is 0 Å². The molecule has 1 aromatic rings. The van der Waals surface area contributed by atoms with Crippen molar-refractivity contribution in [2.45, 2.75) is 20.0 Å². The number of carbonyl (C=O) groups is 2. The van der Waals surface area contributed by atoms with Crippen LogP contribution in [0.2, 0.25) is 0 Å². The van der Waals surface area contributed by atoms with Crippen molar-refractivity contribution < 1.29 is 23.8 Å². The van der Waals surface area contributed by atoms with E-state index in [1.165, 1.54) is 0 Å². The van der Waals surface area contributed by atoms with Gasteiger partial charge in [0.25, 0.3) is 5.91 Å². The molecule has 0 saturated carbocycles. The Labute approximate surface area is 116 Å². The summed E-state index contributed by atoms with van der Waals surface area (Å²) < 4.78 is 15.4. The number of rotatable bonds is 4. The van der Waals surface area contributed by atoms with Gasteiger partial charge in [-0.25, -0.2) is 4.79 Å². The van der Waals surface area contributed by atoms with Gasteiger partial charge in [-0.15, -0.1) is 0 Å². The van der Waals surface area contributed by atoms with Crippen LogP contribution in [-0.4, -0.2) is 49.4 Å². The number of hydrogen-bond donors (Lipinski definition) is 2. The smallest absolute Gasteiger partial charge is 0.342 e. The Morgan fingerprint density at radius 1 is 1.50 bits per heavy atom. The maximum absolute atomic E-state index is 12.0. The van der Waals surface area contributed by atoms with Gasteiger partial charge >= 0.3 is 5.97 Å². The van der Waals surface area contributed by atoms with E-state index in [0.717, 1.165) is 0 Å². The van der Waals surface area contributed by atoms with Crippen molar-refractivity contribution in [1.29, 1.82) is 0 Å². The minimum absolute atomic E-state index is 0.212. The number of nitrogens with one attached hydrogen (secondary N) is 2. The molecule has 2 heterocycles. The normalized spacial score (nSPS) is 18.6. The average molecular weight is 282 g/mol. The van der Waals surface area contributed by atoms with E-state index in [0.29, 0.717) is 30.2 Å². The van der Waals surface area contributed by atoms with Crippen molar-refractivity contribution >= 4 is 17.6 Å². The highest BCUT2D eigenvalue weighted by Gasteiger charge is 2.25. The first-order valence-corrected chi connectivity index (χ1v) is 6.48. The Morgan fingerprint density at radius 2 is 2.30 bits per heavy atom. The fraction of sp³-hybridized carbons (Fsp3) is 0.538. The number of anilines is 1. The van der Waals surface area contributed by atoms with E-state index in [1.54, 1.807) is 20.0 Å². The van der Waals surface area contributed by atoms with Crippen molar-refractivity contribution in [2.24, 2.45) is 0 Å². The minimum Gasteiger partial charge on any atom is -0.462 e. The lowest BCUT2D eigenvalue weighted by Crippen LogP contribution is -2.39. The van der Waals surface area contributed by atoms with E-state index in [9.17, 15) is 9.59 Å². The van der Waals surface area contributed by atoms with Gasteiger partial charge in [0, 0.05) is 11.9 Å². The molecule has 1 aliphatic rings. The zero-order valence-corrected chi connectivity index (χ0v) is 11.5. The molecule has 0 aliphatic carbocycles. The zero-order valence-electron chi connectivity index (χ0n) is 11.5. The highest BCUT2D eigenvalue weighted by molar-refractivity contribution is 6.03. The molecule has 1 saturated heterocycles. The predicted octanol–water partition coefficient (Wildman–Crippen LogP) is 0.854. The summed E-state index contributed by atoms with van der Waals surface area (Å²) in [6, 6.07) is 0. The molecular formula is C13H18N2O5. The summed E-state index contributed by atoms with van der Waals surface area (Å²) in [5.41, 5.74) is 1.36. The monoisotopic (exact) mass is 282 g/mol. The summed E-state index contributed by atoms with van der Waals surface area (Å²) >= 11 is 0. The number of hydrogen-bond acceptors (Lipinski definition) is 5. The number of aromatic nitrogens is 1. The van der Waals surface area contributed by atoms with Crippen molar-refractivity contribution in [1.82, 2.24) is 4.98 Å². The molecule has 110 valence electrons. The van der Waals surface area contributed by atoms with Gasteiger partial charge < -0.3 is 24.5 Å². The van der Waals surface area contributed by atoms with Gasteiger partial charge in [-0.1, -0.05) is 0 Å². The SMILES string of the molecule is CCOC(=O)c1c(NC(=O)C2COCCO2)c[nH]c1C. The summed E-state index contributed by atoms with van der Waals surface area (Å²) in [6.45, 7) is 4.82. The molecule has 2 N–H and O–H groups in total. The Bertz CT molecular complexity index is 491. The molecule has 1 amide bonds. The highest BCUT2D eigenvalue weighted by atomic mass is 16.6. The molecule has 1 atom stereocenters. The number of aryl methyl sites for hydroxylation is 1. The molecule has 20 heavy (non-hydrogen) atoms. The van der Waals surface area contributed by atoms with E-state index < -0.39 is 12.1 Å². The van der Waals surface area contributed by atoms with E-state index in [-0.39, 0.29) is 19.1 Å². The zero-order chi connectivity index (χ0) is 14.5. The summed E-state index contributed by atoms with van der Waals surface area (Å²) in [5.74, 6) is -0.809. The Hall–Kier alpha value is -1.86. The lowest BCUT2D eigenvalue weighted by atomic mass is 10.2. The number of ether oxygens (including phenoxy) is 3. The topological polar surface area (TPSA) is 89.7 Å². The van der Waals surface area contributed by atoms with Crippen LogP contribution in [0.5, 0.6) is 0 Å². The quantitative estimate of drug-likeness (QED) is 0.799. The predicted molar refractivity (Wildman–Crippen MR) is 70.7 cm³/mol. The standard InChI is InChI=1S/C13H18N2O5/c1-3-19-13(17)11-8(2)14-6-9(11)15-12(16)10-7-18-4-5-20-10/h6,10,14H,3-5,7H2,1-2H3,(H,15,16). The summed E-state index contributed by atoms with van der Waals surface area (Å²) in [6.07, 6.45) is 0.900. The summed E-state index contributed by atoms with van der Waals surface area (Å²) in [4.78, 5) is 26.8. The fourth-order valence-corrected chi connectivity index (χ4v) is 1.94. The molecule has 7 heteroatoms. The van der Waals surface area contributed by atoms with Crippen LogP contribution < -0.4 is 5.32 Å². The third-order valence-electron chi connectivity index (χ3n) is 2.92. The van der Waals surface area contributed by atoms with Crippen LogP contribution in [-0.2, 0) is 19.0 Å². The number of amides is 1. The molecule has 2 rings (SSSR count). The number of carbonyl (C=O) groups excluding carboxylic acids is 2. The maximum Gasteiger partial charge on any atom is 0.342 e. The Balaban J connectivity index is 2.09. The highest BCUT2D eigenvalue weighted by Crippen LogP contribution is 2.21. The van der Waals surface area contributed by atoms with Gasteiger partial charge in [0.05, 0.1) is 32.1 Å². The summed E-state index contributed by atoms with van der Waals surface area (Å²) in [5, 5.41) is 2.66. The summed E-state index contributed by atoms with van der Waals surface area (Å²) in [7, 11) is 0. The molecule has 1 aromatic heterocycles. The second kappa shape index (κ2) is 6.53. The van der Waals surface area contributed by atoms with Crippen LogP contribution in [0.25, 0.3) is 0 Å². The van der Waals surface area contributed by atoms with Gasteiger partial charge in [0.1, 0.15) is 5.56 Å². The van der Waals surface area contributed by atoms with E-state index in [1.807, 2.05) is 0 Å². The van der Waals surface area contributed by atoms with Crippen molar-refractivity contribution in [3.8, 4) is 0 Å². The second-order valence-electron chi connectivity index (χ2n) is 4.35. The third kappa shape index (κ3) is 3.17. The first kappa shape index (κ1) is 14.5. The third-order valence-corrected chi connectivity index (χ3v) is 2.92. The first-order chi connectivity index (χ1) is 9.63. The lowest BCUT2D eigenvalue weighted by Gasteiger charge is -2.22. The molecule has 0 bridgehead atoms. The second-order valence-corrected chi connectivity index (χ2v) is 4.35. The Kier molecular flexibility index (Phi) is 4.75. The van der Waals surface area contributed by atoms with Crippen molar-refractivity contribution in [2.75, 3.05) is 31.7 Å². The van der Waals surface area contributed by atoms with Crippen LogP contribution in [0.1, 0.15) is 23.0 Å². The molecule has 1 aliphatic heterocycles. The molecule has 0 aromatic carbocycles. The average Bonchev–Trinajstić information content (AvgIpc) is 2.81. The first-order valence-electron chi connectivity index (χ1n) is 6.48. The van der Waals surface area contributed by atoms with Crippen LogP contribution in [0, 0.1) is 6.92 Å². The largest absolute Gasteiger partial charge is 0.462 e. The number of esters is 1.